The highest BCUT2D eigenvalue weighted by Crippen LogP contribution is 2.26. The number of fused-ring (bicyclic) bond motifs is 1. The van der Waals surface area contributed by atoms with E-state index in [1.54, 1.807) is 6.20 Å². The Labute approximate surface area is 111 Å². The Kier molecular flexibility index (Phi) is 2.98. The van der Waals surface area contributed by atoms with Gasteiger partial charge in [-0.05, 0) is 26.9 Å². The number of likely N-dealkylation sites (N-methyl/N-ethyl adjacent to an activating group) is 1. The minimum Gasteiger partial charge on any atom is -0.368 e. The third kappa shape index (κ3) is 2.21. The van der Waals surface area contributed by atoms with Crippen LogP contribution >= 0.6 is 0 Å². The number of nitrogens with one attached hydrogen (secondary N) is 1. The van der Waals surface area contributed by atoms with E-state index in [1.165, 1.54) is 0 Å². The van der Waals surface area contributed by atoms with E-state index in [0.717, 1.165) is 37.3 Å². The average molecular weight is 261 g/mol. The highest BCUT2D eigenvalue weighted by Gasteiger charge is 2.23. The lowest BCUT2D eigenvalue weighted by Crippen LogP contribution is -2.38. The lowest BCUT2D eigenvalue weighted by atomic mass is 10.2. The SMILES string of the molecule is CC1CN(C)CCCN1c1nc(N)nc2[nH]ncc12. The van der Waals surface area contributed by atoms with Gasteiger partial charge in [-0.25, -0.2) is 0 Å². The fourth-order valence-corrected chi connectivity index (χ4v) is 2.74. The molecule has 2 aromatic rings. The molecular weight excluding hydrogens is 242 g/mol. The zero-order valence-electron chi connectivity index (χ0n) is 11.3. The summed E-state index contributed by atoms with van der Waals surface area (Å²) >= 11 is 0. The Hall–Kier alpha value is -1.89. The van der Waals surface area contributed by atoms with E-state index in [4.69, 9.17) is 5.73 Å². The van der Waals surface area contributed by atoms with Crippen LogP contribution in [0, 0.1) is 0 Å². The first-order valence-corrected chi connectivity index (χ1v) is 6.57. The van der Waals surface area contributed by atoms with Crippen molar-refractivity contribution < 1.29 is 0 Å². The standard InChI is InChI=1S/C12H19N7/c1-8-7-18(2)4-3-5-19(8)11-9-6-14-17-10(9)15-12(13)16-11/h6,8H,3-5,7H2,1-2H3,(H3,13,14,15,16,17). The number of anilines is 2. The summed E-state index contributed by atoms with van der Waals surface area (Å²) in [7, 11) is 2.15. The first-order valence-electron chi connectivity index (χ1n) is 6.57. The molecule has 0 amide bonds. The predicted octanol–water partition coefficient (Wildman–Crippen LogP) is 0.465. The second-order valence-electron chi connectivity index (χ2n) is 5.20. The van der Waals surface area contributed by atoms with Crippen LogP contribution in [0.1, 0.15) is 13.3 Å². The van der Waals surface area contributed by atoms with Gasteiger partial charge >= 0.3 is 0 Å². The maximum Gasteiger partial charge on any atom is 0.224 e. The van der Waals surface area contributed by atoms with E-state index >= 15 is 0 Å². The fraction of sp³-hybridized carbons (Fsp3) is 0.583. The van der Waals surface area contributed by atoms with Gasteiger partial charge in [0.1, 0.15) is 5.82 Å². The zero-order valence-corrected chi connectivity index (χ0v) is 11.3. The van der Waals surface area contributed by atoms with E-state index in [-0.39, 0.29) is 5.95 Å². The van der Waals surface area contributed by atoms with Gasteiger partial charge < -0.3 is 15.5 Å². The van der Waals surface area contributed by atoms with Gasteiger partial charge in [-0.2, -0.15) is 15.1 Å². The summed E-state index contributed by atoms with van der Waals surface area (Å²) in [5, 5.41) is 7.84. The molecule has 1 aliphatic heterocycles. The van der Waals surface area contributed by atoms with Gasteiger partial charge in [0.15, 0.2) is 5.65 Å². The number of rotatable bonds is 1. The number of nitrogens with two attached hydrogens (primary N) is 1. The monoisotopic (exact) mass is 261 g/mol. The van der Waals surface area contributed by atoms with Crippen LogP contribution in [0.5, 0.6) is 0 Å². The molecule has 3 heterocycles. The molecule has 0 radical (unpaired) electrons. The third-order valence-electron chi connectivity index (χ3n) is 3.63. The number of hydrogen-bond acceptors (Lipinski definition) is 6. The molecule has 1 unspecified atom stereocenters. The van der Waals surface area contributed by atoms with Gasteiger partial charge in [0, 0.05) is 19.1 Å². The van der Waals surface area contributed by atoms with Crippen molar-refractivity contribution in [3.8, 4) is 0 Å². The normalized spacial score (nSPS) is 21.8. The van der Waals surface area contributed by atoms with Crippen molar-refractivity contribution in [2.75, 3.05) is 37.3 Å². The lowest BCUT2D eigenvalue weighted by Gasteiger charge is -2.29. The van der Waals surface area contributed by atoms with Crippen molar-refractivity contribution in [1.82, 2.24) is 25.1 Å². The maximum absolute atomic E-state index is 5.80. The van der Waals surface area contributed by atoms with E-state index in [9.17, 15) is 0 Å². The van der Waals surface area contributed by atoms with Crippen LogP contribution in [0.2, 0.25) is 0 Å². The number of hydrogen-bond donors (Lipinski definition) is 2. The third-order valence-corrected chi connectivity index (χ3v) is 3.63. The molecule has 19 heavy (non-hydrogen) atoms. The Balaban J connectivity index is 2.04. The maximum atomic E-state index is 5.80. The molecule has 2 aromatic heterocycles. The summed E-state index contributed by atoms with van der Waals surface area (Å²) in [5.41, 5.74) is 6.50. The van der Waals surface area contributed by atoms with Crippen molar-refractivity contribution in [2.24, 2.45) is 0 Å². The molecule has 3 N–H and O–H groups in total. The molecule has 0 saturated carbocycles. The van der Waals surface area contributed by atoms with Crippen molar-refractivity contribution >= 4 is 22.8 Å². The Bertz CT molecular complexity index is 578. The van der Waals surface area contributed by atoms with Gasteiger partial charge in [0.25, 0.3) is 0 Å². The summed E-state index contributed by atoms with van der Waals surface area (Å²) in [5.74, 6) is 1.18. The van der Waals surface area contributed by atoms with Crippen LogP contribution in [-0.2, 0) is 0 Å². The van der Waals surface area contributed by atoms with E-state index < -0.39 is 0 Å². The van der Waals surface area contributed by atoms with Crippen LogP contribution in [0.25, 0.3) is 11.0 Å². The molecule has 0 bridgehead atoms. The Morgan fingerprint density at radius 3 is 3.05 bits per heavy atom. The van der Waals surface area contributed by atoms with Crippen molar-refractivity contribution in [1.29, 1.82) is 0 Å². The smallest absolute Gasteiger partial charge is 0.224 e. The fourth-order valence-electron chi connectivity index (χ4n) is 2.74. The molecule has 7 nitrogen and oxygen atoms in total. The highest BCUT2D eigenvalue weighted by atomic mass is 15.3. The van der Waals surface area contributed by atoms with Crippen LogP contribution in [0.4, 0.5) is 11.8 Å². The minimum absolute atomic E-state index is 0.288. The lowest BCUT2D eigenvalue weighted by molar-refractivity contribution is 0.337. The van der Waals surface area contributed by atoms with Gasteiger partial charge in [0.2, 0.25) is 5.95 Å². The predicted molar refractivity (Wildman–Crippen MR) is 75.0 cm³/mol. The van der Waals surface area contributed by atoms with Crippen molar-refractivity contribution in [3.05, 3.63) is 6.20 Å². The number of nitrogen functional groups attached to an aromatic ring is 1. The first-order chi connectivity index (χ1) is 9.15. The first kappa shape index (κ1) is 12.2. The van der Waals surface area contributed by atoms with Crippen LogP contribution in [0.15, 0.2) is 6.20 Å². The molecular formula is C12H19N7. The summed E-state index contributed by atoms with van der Waals surface area (Å²) in [6.07, 6.45) is 2.88. The summed E-state index contributed by atoms with van der Waals surface area (Å²) in [4.78, 5) is 13.2. The molecule has 1 atom stereocenters. The summed E-state index contributed by atoms with van der Waals surface area (Å²) < 4.78 is 0. The number of aromatic amines is 1. The summed E-state index contributed by atoms with van der Waals surface area (Å²) in [6, 6.07) is 0.389. The zero-order chi connectivity index (χ0) is 13.4. The topological polar surface area (TPSA) is 87.0 Å². The highest BCUT2D eigenvalue weighted by molar-refractivity contribution is 5.87. The van der Waals surface area contributed by atoms with E-state index in [2.05, 4.69) is 43.9 Å². The quantitative estimate of drug-likeness (QED) is 0.775. The van der Waals surface area contributed by atoms with Crippen molar-refractivity contribution in [2.45, 2.75) is 19.4 Å². The molecule has 0 spiro atoms. The molecule has 0 aromatic carbocycles. The molecule has 1 fully saturated rings. The van der Waals surface area contributed by atoms with Crippen LogP contribution < -0.4 is 10.6 Å². The Morgan fingerprint density at radius 2 is 2.21 bits per heavy atom. The molecule has 7 heteroatoms. The van der Waals surface area contributed by atoms with E-state index in [1.807, 2.05) is 0 Å². The van der Waals surface area contributed by atoms with Gasteiger partial charge in [-0.3, -0.25) is 5.10 Å². The number of H-pyrrole nitrogens is 1. The largest absolute Gasteiger partial charge is 0.368 e. The van der Waals surface area contributed by atoms with Crippen LogP contribution in [0.3, 0.4) is 0 Å². The van der Waals surface area contributed by atoms with Gasteiger partial charge in [-0.15, -0.1) is 0 Å². The molecule has 0 aliphatic carbocycles. The minimum atomic E-state index is 0.288. The average Bonchev–Trinajstić information content (AvgIpc) is 2.74. The molecule has 102 valence electrons. The molecule has 1 aliphatic rings. The number of aromatic nitrogens is 4. The summed E-state index contributed by atoms with van der Waals surface area (Å²) in [6.45, 7) is 5.31. The van der Waals surface area contributed by atoms with E-state index in [0.29, 0.717) is 11.7 Å². The second-order valence-corrected chi connectivity index (χ2v) is 5.20. The van der Waals surface area contributed by atoms with Gasteiger partial charge in [-0.1, -0.05) is 0 Å². The molecule has 1 saturated heterocycles. The van der Waals surface area contributed by atoms with Crippen LogP contribution in [-0.4, -0.2) is 57.8 Å². The van der Waals surface area contributed by atoms with Gasteiger partial charge in [0.05, 0.1) is 11.6 Å². The second kappa shape index (κ2) is 4.65. The Morgan fingerprint density at radius 1 is 1.37 bits per heavy atom. The van der Waals surface area contributed by atoms with Crippen molar-refractivity contribution in [3.63, 3.8) is 0 Å². The number of nitrogens with zero attached hydrogens (tertiary/aromatic N) is 5. The molecule has 3 rings (SSSR count).